The van der Waals surface area contributed by atoms with Gasteiger partial charge in [0.2, 0.25) is 5.88 Å². The van der Waals surface area contributed by atoms with Crippen LogP contribution in [0, 0.1) is 19.3 Å². The zero-order valence-electron chi connectivity index (χ0n) is 11.2. The average molecular weight is 251 g/mol. The van der Waals surface area contributed by atoms with Gasteiger partial charge in [0.1, 0.15) is 12.4 Å². The first-order chi connectivity index (χ1) is 8.56. The predicted molar refractivity (Wildman–Crippen MR) is 71.3 cm³/mol. The quantitative estimate of drug-likeness (QED) is 0.440. The zero-order chi connectivity index (χ0) is 13.5. The van der Waals surface area contributed by atoms with Crippen molar-refractivity contribution < 1.29 is 9.47 Å². The van der Waals surface area contributed by atoms with Gasteiger partial charge in [0.15, 0.2) is 0 Å². The Morgan fingerprint density at radius 3 is 2.67 bits per heavy atom. The van der Waals surface area contributed by atoms with E-state index >= 15 is 0 Å². The maximum atomic E-state index is 7.56. The minimum atomic E-state index is -0.0236. The van der Waals surface area contributed by atoms with Crippen molar-refractivity contribution in [1.29, 1.82) is 5.41 Å². The summed E-state index contributed by atoms with van der Waals surface area (Å²) in [6, 6.07) is 1.89. The lowest BCUT2D eigenvalue weighted by molar-refractivity contribution is 0.0988. The number of rotatable bonds is 7. The summed E-state index contributed by atoms with van der Waals surface area (Å²) in [7, 11) is 0. The van der Waals surface area contributed by atoms with E-state index in [4.69, 9.17) is 20.6 Å². The van der Waals surface area contributed by atoms with Crippen LogP contribution in [0.2, 0.25) is 0 Å². The number of aryl methyl sites for hydroxylation is 2. The third-order valence-corrected chi connectivity index (χ3v) is 2.40. The second-order valence-electron chi connectivity index (χ2n) is 4.14. The Hall–Kier alpha value is -1.62. The maximum Gasteiger partial charge on any atom is 0.225 e. The molecule has 5 heteroatoms. The summed E-state index contributed by atoms with van der Waals surface area (Å²) >= 11 is 0. The maximum absolute atomic E-state index is 7.56. The first kappa shape index (κ1) is 14.4. The Kier molecular flexibility index (Phi) is 5.58. The van der Waals surface area contributed by atoms with Crippen LogP contribution in [0.3, 0.4) is 0 Å². The normalized spacial score (nSPS) is 10.4. The molecule has 18 heavy (non-hydrogen) atoms. The van der Waals surface area contributed by atoms with Gasteiger partial charge >= 0.3 is 0 Å². The number of nitrogen functional groups attached to an aromatic ring is 1. The monoisotopic (exact) mass is 251 g/mol. The number of hydrogen-bond donors (Lipinski definition) is 2. The van der Waals surface area contributed by atoms with Gasteiger partial charge in [-0.3, -0.25) is 5.41 Å². The first-order valence-electron chi connectivity index (χ1n) is 6.09. The predicted octanol–water partition coefficient (Wildman–Crippen LogP) is 1.79. The fourth-order valence-corrected chi connectivity index (χ4v) is 1.68. The van der Waals surface area contributed by atoms with Gasteiger partial charge in [0.05, 0.1) is 12.2 Å². The number of aromatic nitrogens is 1. The molecule has 0 saturated heterocycles. The van der Waals surface area contributed by atoms with E-state index in [1.165, 1.54) is 0 Å². The van der Waals surface area contributed by atoms with Gasteiger partial charge in [-0.25, -0.2) is 4.98 Å². The van der Waals surface area contributed by atoms with Crippen molar-refractivity contribution in [2.45, 2.75) is 27.2 Å². The topological polar surface area (TPSA) is 81.2 Å². The zero-order valence-corrected chi connectivity index (χ0v) is 11.2. The number of nitrogens with zero attached hydrogens (tertiary/aromatic N) is 1. The number of hydrogen-bond acceptors (Lipinski definition) is 4. The molecule has 0 aliphatic heterocycles. The Morgan fingerprint density at radius 1 is 1.33 bits per heavy atom. The summed E-state index contributed by atoms with van der Waals surface area (Å²) in [6.45, 7) is 7.49. The summed E-state index contributed by atoms with van der Waals surface area (Å²) < 4.78 is 10.9. The fraction of sp³-hybridized carbons (Fsp3) is 0.538. The Balaban J connectivity index is 2.71. The van der Waals surface area contributed by atoms with E-state index in [9.17, 15) is 0 Å². The van der Waals surface area contributed by atoms with Gasteiger partial charge in [0, 0.05) is 12.3 Å². The summed E-state index contributed by atoms with van der Waals surface area (Å²) in [5.41, 5.74) is 7.87. The second-order valence-corrected chi connectivity index (χ2v) is 4.14. The minimum Gasteiger partial charge on any atom is -0.475 e. The molecule has 0 radical (unpaired) electrons. The van der Waals surface area contributed by atoms with Crippen LogP contribution in [0.4, 0.5) is 0 Å². The molecule has 1 aromatic heterocycles. The van der Waals surface area contributed by atoms with Crippen LogP contribution >= 0.6 is 0 Å². The molecular formula is C13H21N3O2. The van der Waals surface area contributed by atoms with Gasteiger partial charge in [-0.2, -0.15) is 0 Å². The molecule has 0 fully saturated rings. The van der Waals surface area contributed by atoms with Crippen molar-refractivity contribution >= 4 is 5.84 Å². The molecular weight excluding hydrogens is 230 g/mol. The number of amidine groups is 1. The van der Waals surface area contributed by atoms with Crippen molar-refractivity contribution in [3.05, 3.63) is 22.9 Å². The molecule has 0 saturated carbocycles. The van der Waals surface area contributed by atoms with Gasteiger partial charge in [-0.1, -0.05) is 6.92 Å². The molecule has 1 heterocycles. The lowest BCUT2D eigenvalue weighted by Gasteiger charge is -2.12. The summed E-state index contributed by atoms with van der Waals surface area (Å²) in [4.78, 5) is 4.27. The largest absolute Gasteiger partial charge is 0.475 e. The van der Waals surface area contributed by atoms with Crippen molar-refractivity contribution in [2.75, 3.05) is 19.8 Å². The van der Waals surface area contributed by atoms with Crippen LogP contribution in [0.1, 0.15) is 30.2 Å². The van der Waals surface area contributed by atoms with Crippen molar-refractivity contribution in [2.24, 2.45) is 5.73 Å². The third kappa shape index (κ3) is 4.00. The van der Waals surface area contributed by atoms with E-state index in [-0.39, 0.29) is 5.84 Å². The highest BCUT2D eigenvalue weighted by molar-refractivity contribution is 5.98. The van der Waals surface area contributed by atoms with E-state index < -0.39 is 0 Å². The second kappa shape index (κ2) is 6.96. The third-order valence-electron chi connectivity index (χ3n) is 2.40. The molecule has 3 N–H and O–H groups in total. The number of pyridine rings is 1. The van der Waals surface area contributed by atoms with Gasteiger partial charge in [-0.15, -0.1) is 0 Å². The van der Waals surface area contributed by atoms with Gasteiger partial charge in [-0.05, 0) is 31.9 Å². The standard InChI is InChI=1S/C13H21N3O2/c1-4-5-17-6-7-18-13-11(12(14)15)9(2)8-10(3)16-13/h8H,4-7H2,1-3H3,(H3,14,15). The van der Waals surface area contributed by atoms with Crippen molar-refractivity contribution in [3.8, 4) is 5.88 Å². The lowest BCUT2D eigenvalue weighted by Crippen LogP contribution is -2.18. The number of ether oxygens (including phenoxy) is 2. The highest BCUT2D eigenvalue weighted by Gasteiger charge is 2.12. The SMILES string of the molecule is CCCOCCOc1nc(C)cc(C)c1C(=N)N. The number of nitrogens with two attached hydrogens (primary N) is 1. The van der Waals surface area contributed by atoms with Crippen LogP contribution in [0.25, 0.3) is 0 Å². The van der Waals surface area contributed by atoms with E-state index in [0.29, 0.717) is 24.7 Å². The van der Waals surface area contributed by atoms with Crippen LogP contribution in [-0.4, -0.2) is 30.6 Å². The molecule has 100 valence electrons. The summed E-state index contributed by atoms with van der Waals surface area (Å²) in [6.07, 6.45) is 0.987. The van der Waals surface area contributed by atoms with E-state index in [2.05, 4.69) is 11.9 Å². The van der Waals surface area contributed by atoms with E-state index in [0.717, 1.165) is 24.3 Å². The fourth-order valence-electron chi connectivity index (χ4n) is 1.68. The van der Waals surface area contributed by atoms with Gasteiger partial charge in [0.25, 0.3) is 0 Å². The average Bonchev–Trinajstić information content (AvgIpc) is 2.27. The van der Waals surface area contributed by atoms with Crippen LogP contribution in [0.15, 0.2) is 6.07 Å². The summed E-state index contributed by atoms with van der Waals surface area (Å²) in [5.74, 6) is 0.393. The molecule has 0 spiro atoms. The Bertz CT molecular complexity index is 419. The molecule has 1 rings (SSSR count). The Morgan fingerprint density at radius 2 is 2.06 bits per heavy atom. The molecule has 5 nitrogen and oxygen atoms in total. The van der Waals surface area contributed by atoms with Crippen LogP contribution in [-0.2, 0) is 4.74 Å². The van der Waals surface area contributed by atoms with Crippen molar-refractivity contribution in [3.63, 3.8) is 0 Å². The van der Waals surface area contributed by atoms with Crippen molar-refractivity contribution in [1.82, 2.24) is 4.98 Å². The highest BCUT2D eigenvalue weighted by Crippen LogP contribution is 2.20. The minimum absolute atomic E-state index is 0.0236. The van der Waals surface area contributed by atoms with Gasteiger partial charge < -0.3 is 15.2 Å². The number of nitrogens with one attached hydrogen (secondary N) is 1. The molecule has 0 bridgehead atoms. The molecule has 0 atom stereocenters. The Labute approximate surface area is 108 Å². The smallest absolute Gasteiger partial charge is 0.225 e. The molecule has 0 aliphatic carbocycles. The van der Waals surface area contributed by atoms with E-state index in [1.54, 1.807) is 0 Å². The highest BCUT2D eigenvalue weighted by atomic mass is 16.5. The van der Waals surface area contributed by atoms with Crippen LogP contribution < -0.4 is 10.5 Å². The lowest BCUT2D eigenvalue weighted by atomic mass is 10.1. The molecule has 0 aromatic carbocycles. The van der Waals surface area contributed by atoms with Crippen LogP contribution in [0.5, 0.6) is 5.88 Å². The summed E-state index contributed by atoms with van der Waals surface area (Å²) in [5, 5.41) is 7.56. The molecule has 0 unspecified atom stereocenters. The molecule has 0 amide bonds. The first-order valence-corrected chi connectivity index (χ1v) is 6.09. The van der Waals surface area contributed by atoms with E-state index in [1.807, 2.05) is 19.9 Å². The molecule has 1 aromatic rings. The molecule has 0 aliphatic rings.